The number of rotatable bonds is 8. The molecule has 54 heavy (non-hydrogen) atoms. The van der Waals surface area contributed by atoms with Crippen LogP contribution in [0.4, 0.5) is 22.7 Å². The van der Waals surface area contributed by atoms with Gasteiger partial charge in [-0.25, -0.2) is 9.97 Å². The van der Waals surface area contributed by atoms with Gasteiger partial charge in [0, 0.05) is 63.4 Å². The van der Waals surface area contributed by atoms with E-state index in [0.29, 0.717) is 11.7 Å². The van der Waals surface area contributed by atoms with Crippen molar-refractivity contribution in [2.24, 2.45) is 0 Å². The molecule has 4 aromatic heterocycles. The number of hydrogen-bond acceptors (Lipinski definition) is 16. The molecule has 2 fully saturated rings. The van der Waals surface area contributed by atoms with Crippen molar-refractivity contribution in [2.45, 2.75) is 32.9 Å². The van der Waals surface area contributed by atoms with Gasteiger partial charge < -0.3 is 15.2 Å². The third-order valence-corrected chi connectivity index (χ3v) is 8.30. The number of aromatic nitrogens is 4. The molecule has 4 aromatic rings. The van der Waals surface area contributed by atoms with Crippen LogP contribution in [-0.4, -0.2) is 103 Å². The van der Waals surface area contributed by atoms with Crippen molar-refractivity contribution < 1.29 is 29.0 Å². The second kappa shape index (κ2) is 21.8. The number of halogens is 1. The second-order valence-electron chi connectivity index (χ2n) is 11.7. The van der Waals surface area contributed by atoms with Crippen LogP contribution in [0.25, 0.3) is 0 Å². The molecule has 0 amide bonds. The maximum atomic E-state index is 10.7. The van der Waals surface area contributed by atoms with E-state index >= 15 is 0 Å². The molecule has 2 aliphatic rings. The molecule has 0 aliphatic carbocycles. The van der Waals surface area contributed by atoms with Gasteiger partial charge >= 0.3 is 0 Å². The molecule has 0 aromatic carbocycles. The highest BCUT2D eigenvalue weighted by Gasteiger charge is 2.21. The van der Waals surface area contributed by atoms with Crippen LogP contribution in [0.5, 0.6) is 0 Å². The topological polar surface area (TPSA) is 249 Å². The van der Waals surface area contributed by atoms with Gasteiger partial charge in [0.15, 0.2) is 5.78 Å². The van der Waals surface area contributed by atoms with Crippen molar-refractivity contribution in [3.8, 4) is 0 Å². The molecule has 0 saturated carbocycles. The molecule has 2 aliphatic heterocycles. The Bertz CT molecular complexity index is 1760. The van der Waals surface area contributed by atoms with Gasteiger partial charge in [-0.1, -0.05) is 11.6 Å². The fourth-order valence-corrected chi connectivity index (χ4v) is 5.01. The number of anilines is 1. The van der Waals surface area contributed by atoms with Crippen LogP contribution in [0.2, 0.25) is 5.15 Å². The molecule has 2 saturated heterocycles. The van der Waals surface area contributed by atoms with Crippen molar-refractivity contribution in [1.29, 1.82) is 0 Å². The van der Waals surface area contributed by atoms with Crippen molar-refractivity contribution in [3.05, 3.63) is 126 Å². The van der Waals surface area contributed by atoms with Gasteiger partial charge in [-0.3, -0.25) is 54.9 Å². The molecule has 20 heteroatoms. The lowest BCUT2D eigenvalue weighted by Crippen LogP contribution is -2.38. The highest BCUT2D eigenvalue weighted by Crippen LogP contribution is 2.21. The summed E-state index contributed by atoms with van der Waals surface area (Å²) < 4.78 is 10.6. The van der Waals surface area contributed by atoms with E-state index in [1.165, 1.54) is 43.5 Å². The number of hydrogen-bond donors (Lipinski definition) is 1. The van der Waals surface area contributed by atoms with Gasteiger partial charge in [-0.15, -0.1) is 0 Å². The molecule has 2 N–H and O–H groups in total. The molecule has 0 bridgehead atoms. The first-order valence-corrected chi connectivity index (χ1v) is 17.0. The van der Waals surface area contributed by atoms with Crippen LogP contribution in [0.15, 0.2) is 73.3 Å². The average Bonchev–Trinajstić information content (AvgIpc) is 3.19. The summed E-state index contributed by atoms with van der Waals surface area (Å²) in [6.45, 7) is 12.4. The minimum atomic E-state index is -0.559. The van der Waals surface area contributed by atoms with Crippen molar-refractivity contribution >= 4 is 40.1 Å². The molecule has 19 nitrogen and oxygen atoms in total. The van der Waals surface area contributed by atoms with Gasteiger partial charge in [0.05, 0.1) is 64.5 Å². The number of nitrogen functional groups attached to an aromatic ring is 1. The summed E-state index contributed by atoms with van der Waals surface area (Å²) in [5, 5.41) is 31.0. The number of morpholine rings is 2. The summed E-state index contributed by atoms with van der Waals surface area (Å²) in [4.78, 5) is 60.2. The van der Waals surface area contributed by atoms with E-state index in [2.05, 4.69) is 43.6 Å². The SMILES string of the molecule is CC(=O)c1ccc([N+](=O)[O-])cn1.CC(c1ccc(N)cn1)N1CCOCC1.CC(c1ccc([N+](=O)[O-])cn1)N1CCOCC1.O=[N+]([O-])c1ccc(Cl)nc1. The number of ether oxygens (including phenoxy) is 2. The Kier molecular flexibility index (Phi) is 17.3. The van der Waals surface area contributed by atoms with Crippen molar-refractivity contribution in [2.75, 3.05) is 58.3 Å². The number of nitrogens with zero attached hydrogens (tertiary/aromatic N) is 9. The van der Waals surface area contributed by atoms with Crippen LogP contribution in [0.3, 0.4) is 0 Å². The Labute approximate surface area is 315 Å². The lowest BCUT2D eigenvalue weighted by Gasteiger charge is -2.31. The lowest BCUT2D eigenvalue weighted by molar-refractivity contribution is -0.385. The minimum absolute atomic E-state index is 0.0305. The molecular formula is C34H41ClN10O9. The highest BCUT2D eigenvalue weighted by molar-refractivity contribution is 6.29. The van der Waals surface area contributed by atoms with Crippen molar-refractivity contribution in [1.82, 2.24) is 29.7 Å². The molecule has 0 radical (unpaired) electrons. The second-order valence-corrected chi connectivity index (χ2v) is 12.1. The third-order valence-electron chi connectivity index (χ3n) is 8.08. The predicted octanol–water partition coefficient (Wildman–Crippen LogP) is 5.28. The van der Waals surface area contributed by atoms with Gasteiger partial charge in [0.1, 0.15) is 29.4 Å². The first kappa shape index (κ1) is 42.8. The first-order chi connectivity index (χ1) is 25.8. The Balaban J connectivity index is 0.000000197. The van der Waals surface area contributed by atoms with Crippen LogP contribution in [0.1, 0.15) is 54.7 Å². The molecule has 2 atom stereocenters. The normalized spacial score (nSPS) is 15.3. The smallest absolute Gasteiger partial charge is 0.287 e. The summed E-state index contributed by atoms with van der Waals surface area (Å²) in [6.07, 6.45) is 5.21. The lowest BCUT2D eigenvalue weighted by atomic mass is 10.1. The Hall–Kier alpha value is -5.60. The van der Waals surface area contributed by atoms with Gasteiger partial charge in [-0.05, 0) is 44.2 Å². The Morgan fingerprint density at radius 2 is 1.07 bits per heavy atom. The monoisotopic (exact) mass is 768 g/mol. The van der Waals surface area contributed by atoms with E-state index in [1.807, 2.05) is 12.1 Å². The largest absolute Gasteiger partial charge is 0.397 e. The maximum Gasteiger partial charge on any atom is 0.287 e. The predicted molar refractivity (Wildman–Crippen MR) is 198 cm³/mol. The first-order valence-electron chi connectivity index (χ1n) is 16.6. The minimum Gasteiger partial charge on any atom is -0.397 e. The zero-order valence-corrected chi connectivity index (χ0v) is 30.7. The third kappa shape index (κ3) is 14.1. The highest BCUT2D eigenvalue weighted by atomic mass is 35.5. The zero-order chi connectivity index (χ0) is 39.6. The summed E-state index contributed by atoms with van der Waals surface area (Å²) in [6, 6.07) is 12.9. The number of nitro groups is 3. The van der Waals surface area contributed by atoms with E-state index in [9.17, 15) is 35.1 Å². The number of carbonyl (C=O) groups excluding carboxylic acids is 1. The van der Waals surface area contributed by atoms with Gasteiger partial charge in [0.25, 0.3) is 17.1 Å². The van der Waals surface area contributed by atoms with E-state index in [0.717, 1.165) is 76.4 Å². The Morgan fingerprint density at radius 1 is 0.667 bits per heavy atom. The number of ketones is 1. The quantitative estimate of drug-likeness (QED) is 0.104. The molecular weight excluding hydrogens is 728 g/mol. The number of nitrogens with two attached hydrogens (primary N) is 1. The summed E-state index contributed by atoms with van der Waals surface area (Å²) >= 11 is 5.38. The van der Waals surface area contributed by atoms with Gasteiger partial charge in [0.2, 0.25) is 0 Å². The fraction of sp³-hybridized carbons (Fsp3) is 0.382. The van der Waals surface area contributed by atoms with Crippen LogP contribution in [0, 0.1) is 30.3 Å². The average molecular weight is 769 g/mol. The molecule has 6 rings (SSSR count). The fourth-order valence-electron chi connectivity index (χ4n) is 4.90. The van der Waals surface area contributed by atoms with Crippen molar-refractivity contribution in [3.63, 3.8) is 0 Å². The summed E-state index contributed by atoms with van der Waals surface area (Å²) in [5.74, 6) is -0.204. The Morgan fingerprint density at radius 3 is 1.41 bits per heavy atom. The zero-order valence-electron chi connectivity index (χ0n) is 29.9. The number of pyridine rings is 4. The number of carbonyl (C=O) groups is 1. The van der Waals surface area contributed by atoms with Gasteiger partial charge in [-0.2, -0.15) is 0 Å². The maximum absolute atomic E-state index is 10.7. The molecule has 288 valence electrons. The summed E-state index contributed by atoms with van der Waals surface area (Å²) in [5.41, 5.74) is 8.36. The molecule has 6 heterocycles. The number of Topliss-reactive ketones (excluding diaryl/α,β-unsaturated/α-hetero) is 1. The standard InChI is InChI=1S/C11H15N3O3.C11H17N3O.C7H6N2O3.C5H3ClN2O2/c1-9(13-4-6-17-7-5-13)11-3-2-10(8-12-11)14(15)16;1-9(14-4-6-15-7-5-14)11-3-2-10(12)8-13-11;1-5(10)7-3-2-6(4-8-7)9(11)12;6-5-2-1-4(3-7-5)8(9)10/h2-3,8-9H,4-7H2,1H3;2-3,8-9H,4-7,12H2,1H3;2-4H,1H3;1-3H. The molecule has 2 unspecified atom stereocenters. The van der Waals surface area contributed by atoms with Crippen LogP contribution >= 0.6 is 11.6 Å². The van der Waals surface area contributed by atoms with Crippen LogP contribution in [-0.2, 0) is 9.47 Å². The van der Waals surface area contributed by atoms with E-state index in [1.54, 1.807) is 12.3 Å². The van der Waals surface area contributed by atoms with E-state index < -0.39 is 14.8 Å². The molecule has 0 spiro atoms. The van der Waals surface area contributed by atoms with Crippen LogP contribution < -0.4 is 5.73 Å². The summed E-state index contributed by atoms with van der Waals surface area (Å²) in [7, 11) is 0. The van der Waals surface area contributed by atoms with E-state index in [-0.39, 0.29) is 39.7 Å². The van der Waals surface area contributed by atoms with E-state index in [4.69, 9.17) is 26.8 Å².